The Kier molecular flexibility index (Phi) is 8.16. The number of anilines is 1. The van der Waals surface area contributed by atoms with Gasteiger partial charge >= 0.3 is 0 Å². The Morgan fingerprint density at radius 2 is 1.69 bits per heavy atom. The summed E-state index contributed by atoms with van der Waals surface area (Å²) in [6, 6.07) is 15.0. The number of hydrogen-bond donors (Lipinski definition) is 3. The van der Waals surface area contributed by atoms with Crippen molar-refractivity contribution in [1.29, 1.82) is 0 Å². The summed E-state index contributed by atoms with van der Waals surface area (Å²) in [6.45, 7) is 8.69. The number of hydrogen-bond acceptors (Lipinski definition) is 3. The highest BCUT2D eigenvalue weighted by molar-refractivity contribution is 6.30. The van der Waals surface area contributed by atoms with Crippen LogP contribution in [0.4, 0.5) is 5.69 Å². The van der Waals surface area contributed by atoms with Gasteiger partial charge in [-0.3, -0.25) is 4.79 Å². The van der Waals surface area contributed by atoms with Gasteiger partial charge in [0.1, 0.15) is 50.8 Å². The van der Waals surface area contributed by atoms with E-state index in [0.29, 0.717) is 30.5 Å². The van der Waals surface area contributed by atoms with E-state index in [2.05, 4.69) is 5.32 Å². The third-order valence-corrected chi connectivity index (χ3v) is 5.33. The molecule has 0 spiro atoms. The van der Waals surface area contributed by atoms with Crippen molar-refractivity contribution in [3.63, 3.8) is 0 Å². The van der Waals surface area contributed by atoms with Crippen molar-refractivity contribution in [3.05, 3.63) is 53.6 Å². The molecule has 2 aromatic rings. The molecule has 1 saturated heterocycles. The number of benzene rings is 2. The highest BCUT2D eigenvalue weighted by Gasteiger charge is 2.25. The van der Waals surface area contributed by atoms with Crippen molar-refractivity contribution in [1.82, 2.24) is 0 Å². The van der Waals surface area contributed by atoms with Crippen molar-refractivity contribution < 1.29 is 24.1 Å². The predicted octanol–water partition coefficient (Wildman–Crippen LogP) is 0.540. The number of quaternary nitrogens is 2. The quantitative estimate of drug-likeness (QED) is 0.556. The predicted molar refractivity (Wildman–Crippen MR) is 114 cm³/mol. The third-order valence-electron chi connectivity index (χ3n) is 5.07. The zero-order valence-electron chi connectivity index (χ0n) is 16.9. The molecule has 0 aliphatic carbocycles. The first-order chi connectivity index (χ1) is 14.1. The molecule has 0 saturated carbocycles. The smallest absolute Gasteiger partial charge is 0.279 e. The molecular weight excluding hydrogens is 390 g/mol. The topological polar surface area (TPSA) is 56.4 Å². The summed E-state index contributed by atoms with van der Waals surface area (Å²) < 4.78 is 11.4. The molecule has 1 aliphatic heterocycles. The lowest BCUT2D eigenvalue weighted by Crippen LogP contribution is -3.28. The molecule has 6 nitrogen and oxygen atoms in total. The zero-order valence-corrected chi connectivity index (χ0v) is 17.6. The minimum Gasteiger partial charge on any atom is -0.492 e. The maximum Gasteiger partial charge on any atom is 0.279 e. The van der Waals surface area contributed by atoms with Crippen LogP contribution in [-0.4, -0.2) is 58.4 Å². The molecule has 1 heterocycles. The van der Waals surface area contributed by atoms with Gasteiger partial charge in [-0.25, -0.2) is 0 Å². The number of rotatable bonds is 9. The van der Waals surface area contributed by atoms with E-state index in [1.54, 1.807) is 0 Å². The average molecular weight is 420 g/mol. The molecule has 1 fully saturated rings. The first-order valence-corrected chi connectivity index (χ1v) is 10.6. The van der Waals surface area contributed by atoms with E-state index >= 15 is 0 Å². The zero-order chi connectivity index (χ0) is 20.5. The van der Waals surface area contributed by atoms with E-state index in [0.717, 1.165) is 44.2 Å². The normalized spacial score (nSPS) is 18.8. The molecule has 2 aromatic carbocycles. The number of nitrogens with one attached hydrogen (secondary N) is 3. The number of carbonyl (C=O) groups excluding carboxylic acids is 1. The van der Waals surface area contributed by atoms with E-state index in [-0.39, 0.29) is 5.91 Å². The highest BCUT2D eigenvalue weighted by Crippen LogP contribution is 2.23. The molecule has 3 rings (SSSR count). The molecule has 7 heteroatoms. The Bertz CT molecular complexity index is 777. The van der Waals surface area contributed by atoms with Crippen LogP contribution in [0.3, 0.4) is 0 Å². The summed E-state index contributed by atoms with van der Waals surface area (Å²) >= 11 is 5.89. The minimum atomic E-state index is 0.0293. The van der Waals surface area contributed by atoms with Crippen LogP contribution < -0.4 is 24.6 Å². The van der Waals surface area contributed by atoms with Gasteiger partial charge in [0.05, 0.1) is 12.3 Å². The largest absolute Gasteiger partial charge is 0.492 e. The molecule has 0 atom stereocenters. The van der Waals surface area contributed by atoms with Gasteiger partial charge in [-0.2, -0.15) is 0 Å². The maximum atomic E-state index is 12.4. The molecule has 29 heavy (non-hydrogen) atoms. The van der Waals surface area contributed by atoms with E-state index < -0.39 is 0 Å². The Morgan fingerprint density at radius 3 is 2.41 bits per heavy atom. The number of piperazine rings is 1. The lowest BCUT2D eigenvalue weighted by atomic mass is 10.2. The van der Waals surface area contributed by atoms with Crippen LogP contribution in [0.15, 0.2) is 48.5 Å². The monoisotopic (exact) mass is 419 g/mol. The van der Waals surface area contributed by atoms with Gasteiger partial charge in [0.25, 0.3) is 5.91 Å². The average Bonchev–Trinajstić information content (AvgIpc) is 2.72. The lowest BCUT2D eigenvalue weighted by Gasteiger charge is -2.29. The van der Waals surface area contributed by atoms with Gasteiger partial charge in [0.2, 0.25) is 0 Å². The van der Waals surface area contributed by atoms with Gasteiger partial charge < -0.3 is 24.6 Å². The van der Waals surface area contributed by atoms with Gasteiger partial charge in [0.15, 0.2) is 6.54 Å². The van der Waals surface area contributed by atoms with E-state index in [1.165, 1.54) is 9.80 Å². The molecule has 0 bridgehead atoms. The molecular formula is C22H30ClN3O3+2. The standard InChI is InChI=1S/C22H28ClN3O3/c1-2-28-21-6-4-3-5-20(21)24-22(27)17-26-13-11-25(12-14-26)15-16-29-19-9-7-18(23)8-10-19/h3-10H,2,11-17H2,1H3,(H,24,27)/p+2. The molecule has 0 unspecified atom stereocenters. The van der Waals surface area contributed by atoms with E-state index in [9.17, 15) is 4.79 Å². The fraction of sp³-hybridized carbons (Fsp3) is 0.409. The summed E-state index contributed by atoms with van der Waals surface area (Å²) in [4.78, 5) is 15.3. The number of para-hydroxylation sites is 2. The van der Waals surface area contributed by atoms with Gasteiger partial charge in [-0.1, -0.05) is 23.7 Å². The van der Waals surface area contributed by atoms with Crippen LogP contribution in [0.2, 0.25) is 5.02 Å². The Balaban J connectivity index is 1.36. The Labute approximate surface area is 177 Å². The summed E-state index contributed by atoms with van der Waals surface area (Å²) in [5.74, 6) is 1.59. The van der Waals surface area contributed by atoms with Crippen molar-refractivity contribution in [2.24, 2.45) is 0 Å². The van der Waals surface area contributed by atoms with Gasteiger partial charge in [-0.15, -0.1) is 0 Å². The summed E-state index contributed by atoms with van der Waals surface area (Å²) in [7, 11) is 0. The highest BCUT2D eigenvalue weighted by atomic mass is 35.5. The third kappa shape index (κ3) is 6.92. The Morgan fingerprint density at radius 1 is 1.00 bits per heavy atom. The second-order valence-electron chi connectivity index (χ2n) is 7.21. The molecule has 156 valence electrons. The molecule has 1 aliphatic rings. The van der Waals surface area contributed by atoms with Crippen LogP contribution in [0.1, 0.15) is 6.92 Å². The number of ether oxygens (including phenoxy) is 2. The molecule has 0 aromatic heterocycles. The summed E-state index contributed by atoms with van der Waals surface area (Å²) in [5, 5.41) is 3.70. The van der Waals surface area contributed by atoms with Crippen molar-refractivity contribution in [2.45, 2.75) is 6.92 Å². The number of halogens is 1. The fourth-order valence-electron chi connectivity index (χ4n) is 3.50. The van der Waals surface area contributed by atoms with Crippen molar-refractivity contribution in [2.75, 3.05) is 57.8 Å². The second kappa shape index (κ2) is 11.0. The molecule has 1 amide bonds. The van der Waals surface area contributed by atoms with Gasteiger partial charge in [0, 0.05) is 5.02 Å². The maximum absolute atomic E-state index is 12.4. The van der Waals surface area contributed by atoms with Crippen molar-refractivity contribution in [3.8, 4) is 11.5 Å². The minimum absolute atomic E-state index is 0.0293. The molecule has 0 radical (unpaired) electrons. The van der Waals surface area contributed by atoms with E-state index in [4.69, 9.17) is 21.1 Å². The summed E-state index contributed by atoms with van der Waals surface area (Å²) in [5.41, 5.74) is 0.738. The number of amides is 1. The number of carbonyl (C=O) groups is 1. The first-order valence-electron chi connectivity index (χ1n) is 10.2. The fourth-order valence-corrected chi connectivity index (χ4v) is 3.63. The van der Waals surface area contributed by atoms with Crippen LogP contribution in [0, 0.1) is 0 Å². The summed E-state index contributed by atoms with van der Waals surface area (Å²) in [6.07, 6.45) is 0. The van der Waals surface area contributed by atoms with Crippen molar-refractivity contribution >= 4 is 23.2 Å². The molecule has 3 N–H and O–H groups in total. The second-order valence-corrected chi connectivity index (χ2v) is 7.64. The van der Waals surface area contributed by atoms with Crippen LogP contribution >= 0.6 is 11.6 Å². The Hall–Kier alpha value is -2.28. The van der Waals surface area contributed by atoms with Crippen LogP contribution in [0.5, 0.6) is 11.5 Å². The van der Waals surface area contributed by atoms with Crippen LogP contribution in [0.25, 0.3) is 0 Å². The van der Waals surface area contributed by atoms with Crippen LogP contribution in [-0.2, 0) is 4.79 Å². The van der Waals surface area contributed by atoms with Gasteiger partial charge in [-0.05, 0) is 43.3 Å². The first kappa shape index (κ1) is 21.4. The lowest BCUT2D eigenvalue weighted by molar-refractivity contribution is -1.01. The van der Waals surface area contributed by atoms with E-state index in [1.807, 2.05) is 55.5 Å². The SMILES string of the molecule is CCOc1ccccc1NC(=O)C[NH+]1CC[NH+](CCOc2ccc(Cl)cc2)CC1.